The second-order valence-electron chi connectivity index (χ2n) is 4.41. The number of hydrogen-bond acceptors (Lipinski definition) is 2. The molecule has 0 N–H and O–H groups in total. The molecule has 98 valence electrons. The molecule has 0 aliphatic rings. The summed E-state index contributed by atoms with van der Waals surface area (Å²) in [5.41, 5.74) is 1.83. The first-order chi connectivity index (χ1) is 9.24. The van der Waals surface area contributed by atoms with Gasteiger partial charge in [-0.3, -0.25) is 9.78 Å². The van der Waals surface area contributed by atoms with Crippen LogP contribution in [-0.2, 0) is 0 Å². The predicted molar refractivity (Wildman–Crippen MR) is 75.8 cm³/mol. The molecule has 0 saturated carbocycles. The van der Waals surface area contributed by atoms with E-state index in [1.807, 2.05) is 42.2 Å². The fourth-order valence-corrected chi connectivity index (χ4v) is 2.17. The number of aromatic nitrogens is 1. The van der Waals surface area contributed by atoms with Crippen molar-refractivity contribution in [1.82, 2.24) is 9.88 Å². The number of benzene rings is 1. The Kier molecular flexibility index (Phi) is 4.29. The lowest BCUT2D eigenvalue weighted by atomic mass is 10.1. The fraction of sp³-hybridized carbons (Fsp3) is 0.250. The van der Waals surface area contributed by atoms with E-state index in [9.17, 15) is 4.79 Å². The molecule has 0 saturated heterocycles. The van der Waals surface area contributed by atoms with Crippen LogP contribution in [0.3, 0.4) is 0 Å². The highest BCUT2D eigenvalue weighted by atomic mass is 16.2. The molecule has 1 aromatic heterocycles. The van der Waals surface area contributed by atoms with Crippen LogP contribution in [0.5, 0.6) is 0 Å². The lowest BCUT2D eigenvalue weighted by Gasteiger charge is -2.28. The molecule has 1 atom stereocenters. The molecule has 0 unspecified atom stereocenters. The van der Waals surface area contributed by atoms with Crippen molar-refractivity contribution in [3.05, 3.63) is 66.0 Å². The third-order valence-electron chi connectivity index (χ3n) is 3.28. The monoisotopic (exact) mass is 254 g/mol. The first kappa shape index (κ1) is 13.3. The van der Waals surface area contributed by atoms with Crippen LogP contribution in [0.1, 0.15) is 35.8 Å². The number of rotatable bonds is 4. The van der Waals surface area contributed by atoms with Crippen LogP contribution < -0.4 is 0 Å². The zero-order valence-electron chi connectivity index (χ0n) is 11.3. The zero-order valence-corrected chi connectivity index (χ0v) is 11.3. The molecule has 0 radical (unpaired) electrons. The predicted octanol–water partition coefficient (Wildman–Crippen LogP) is 3.30. The summed E-state index contributed by atoms with van der Waals surface area (Å²) < 4.78 is 0. The standard InChI is InChI=1S/C16H18N2O/c1-3-18(13(2)14-7-5-4-6-8-14)16(19)15-9-11-17-12-10-15/h4-13H,3H2,1-2H3/t13-/m1/s1. The summed E-state index contributed by atoms with van der Waals surface area (Å²) in [4.78, 5) is 18.3. The topological polar surface area (TPSA) is 33.2 Å². The summed E-state index contributed by atoms with van der Waals surface area (Å²) in [5.74, 6) is 0.0428. The minimum atomic E-state index is 0.0428. The lowest BCUT2D eigenvalue weighted by molar-refractivity contribution is 0.0702. The highest BCUT2D eigenvalue weighted by molar-refractivity contribution is 5.94. The summed E-state index contributed by atoms with van der Waals surface area (Å²) in [7, 11) is 0. The molecule has 0 aliphatic heterocycles. The van der Waals surface area contributed by atoms with Crippen LogP contribution >= 0.6 is 0 Å². The summed E-state index contributed by atoms with van der Waals surface area (Å²) in [6, 6.07) is 13.6. The maximum Gasteiger partial charge on any atom is 0.254 e. The van der Waals surface area contributed by atoms with Gasteiger partial charge in [0.05, 0.1) is 6.04 Å². The van der Waals surface area contributed by atoms with Crippen molar-refractivity contribution in [1.29, 1.82) is 0 Å². The maximum absolute atomic E-state index is 12.5. The largest absolute Gasteiger partial charge is 0.332 e. The molecule has 3 nitrogen and oxygen atoms in total. The van der Waals surface area contributed by atoms with Crippen molar-refractivity contribution in [2.75, 3.05) is 6.54 Å². The van der Waals surface area contributed by atoms with Gasteiger partial charge >= 0.3 is 0 Å². The second-order valence-corrected chi connectivity index (χ2v) is 4.41. The lowest BCUT2D eigenvalue weighted by Crippen LogP contribution is -2.33. The van der Waals surface area contributed by atoms with Crippen LogP contribution in [-0.4, -0.2) is 22.3 Å². The Balaban J connectivity index is 2.23. The van der Waals surface area contributed by atoms with E-state index in [1.165, 1.54) is 0 Å². The molecular weight excluding hydrogens is 236 g/mol. The Hall–Kier alpha value is -2.16. The van der Waals surface area contributed by atoms with Crippen LogP contribution in [0.15, 0.2) is 54.9 Å². The molecule has 1 amide bonds. The van der Waals surface area contributed by atoms with Crippen molar-refractivity contribution in [3.63, 3.8) is 0 Å². The third-order valence-corrected chi connectivity index (χ3v) is 3.28. The first-order valence-electron chi connectivity index (χ1n) is 6.50. The minimum Gasteiger partial charge on any atom is -0.332 e. The van der Waals surface area contributed by atoms with Crippen molar-refractivity contribution >= 4 is 5.91 Å². The number of carbonyl (C=O) groups excluding carboxylic acids is 1. The van der Waals surface area contributed by atoms with Gasteiger partial charge in [-0.1, -0.05) is 30.3 Å². The number of amides is 1. The molecule has 0 spiro atoms. The quantitative estimate of drug-likeness (QED) is 0.838. The maximum atomic E-state index is 12.5. The van der Waals surface area contributed by atoms with E-state index in [2.05, 4.69) is 11.9 Å². The van der Waals surface area contributed by atoms with Crippen LogP contribution in [0.25, 0.3) is 0 Å². The molecule has 1 aromatic carbocycles. The average molecular weight is 254 g/mol. The van der Waals surface area contributed by atoms with Crippen molar-refractivity contribution in [2.45, 2.75) is 19.9 Å². The Morgan fingerprint density at radius 1 is 1.16 bits per heavy atom. The summed E-state index contributed by atoms with van der Waals surface area (Å²) in [5, 5.41) is 0. The number of pyridine rings is 1. The Morgan fingerprint density at radius 2 is 1.79 bits per heavy atom. The molecule has 0 aliphatic carbocycles. The van der Waals surface area contributed by atoms with Gasteiger partial charge in [0.1, 0.15) is 0 Å². The second kappa shape index (κ2) is 6.14. The van der Waals surface area contributed by atoms with Gasteiger partial charge in [-0.15, -0.1) is 0 Å². The van der Waals surface area contributed by atoms with E-state index >= 15 is 0 Å². The van der Waals surface area contributed by atoms with Crippen LogP contribution in [0, 0.1) is 0 Å². The molecular formula is C16H18N2O. The molecule has 19 heavy (non-hydrogen) atoms. The SMILES string of the molecule is CCN(C(=O)c1ccncc1)[C@H](C)c1ccccc1. The van der Waals surface area contributed by atoms with Gasteiger partial charge in [-0.2, -0.15) is 0 Å². The van der Waals surface area contributed by atoms with E-state index in [-0.39, 0.29) is 11.9 Å². The van der Waals surface area contributed by atoms with Crippen LogP contribution in [0.4, 0.5) is 0 Å². The molecule has 0 bridgehead atoms. The van der Waals surface area contributed by atoms with Gasteiger partial charge < -0.3 is 4.90 Å². The Morgan fingerprint density at radius 3 is 2.37 bits per heavy atom. The normalized spacial score (nSPS) is 11.9. The smallest absolute Gasteiger partial charge is 0.254 e. The summed E-state index contributed by atoms with van der Waals surface area (Å²) >= 11 is 0. The van der Waals surface area contributed by atoms with Gasteiger partial charge in [0.2, 0.25) is 0 Å². The Bertz CT molecular complexity index is 525. The van der Waals surface area contributed by atoms with Crippen LogP contribution in [0.2, 0.25) is 0 Å². The summed E-state index contributed by atoms with van der Waals surface area (Å²) in [6.45, 7) is 4.73. The minimum absolute atomic E-state index is 0.0428. The molecule has 3 heteroatoms. The molecule has 2 rings (SSSR count). The Labute approximate surface area is 113 Å². The van der Waals surface area contributed by atoms with Gasteiger partial charge in [-0.25, -0.2) is 0 Å². The molecule has 2 aromatic rings. The number of nitrogens with zero attached hydrogens (tertiary/aromatic N) is 2. The number of carbonyl (C=O) groups is 1. The average Bonchev–Trinajstić information content (AvgIpc) is 2.49. The number of hydrogen-bond donors (Lipinski definition) is 0. The van der Waals surface area contributed by atoms with E-state index < -0.39 is 0 Å². The highest BCUT2D eigenvalue weighted by Gasteiger charge is 2.20. The van der Waals surface area contributed by atoms with E-state index in [0.29, 0.717) is 12.1 Å². The molecule has 1 heterocycles. The summed E-state index contributed by atoms with van der Waals surface area (Å²) in [6.07, 6.45) is 3.29. The van der Waals surface area contributed by atoms with Gasteiger partial charge in [0.25, 0.3) is 5.91 Å². The third kappa shape index (κ3) is 2.99. The van der Waals surface area contributed by atoms with Crippen molar-refractivity contribution in [3.8, 4) is 0 Å². The van der Waals surface area contributed by atoms with Crippen molar-refractivity contribution < 1.29 is 4.79 Å². The van der Waals surface area contributed by atoms with E-state index in [1.54, 1.807) is 24.5 Å². The van der Waals surface area contributed by atoms with Gasteiger partial charge in [0, 0.05) is 24.5 Å². The molecule has 0 fully saturated rings. The fourth-order valence-electron chi connectivity index (χ4n) is 2.17. The van der Waals surface area contributed by atoms with Crippen molar-refractivity contribution in [2.24, 2.45) is 0 Å². The zero-order chi connectivity index (χ0) is 13.7. The van der Waals surface area contributed by atoms with E-state index in [4.69, 9.17) is 0 Å². The van der Waals surface area contributed by atoms with E-state index in [0.717, 1.165) is 5.56 Å². The highest BCUT2D eigenvalue weighted by Crippen LogP contribution is 2.21. The van der Waals surface area contributed by atoms with Gasteiger partial charge in [-0.05, 0) is 31.5 Å². The van der Waals surface area contributed by atoms with Gasteiger partial charge in [0.15, 0.2) is 0 Å². The first-order valence-corrected chi connectivity index (χ1v) is 6.50.